The highest BCUT2D eigenvalue weighted by Crippen LogP contribution is 2.36. The fourth-order valence-corrected chi connectivity index (χ4v) is 3.40. The average Bonchev–Trinajstić information content (AvgIpc) is 2.54. The molecule has 0 spiro atoms. The Morgan fingerprint density at radius 3 is 2.65 bits per heavy atom. The van der Waals surface area contributed by atoms with Gasteiger partial charge in [0.05, 0.1) is 5.57 Å². The minimum atomic E-state index is -0.366. The van der Waals surface area contributed by atoms with Gasteiger partial charge in [-0.3, -0.25) is 9.59 Å². The quantitative estimate of drug-likeness (QED) is 0.624. The Hall–Kier alpha value is -2.29. The third kappa shape index (κ3) is 3.24. The summed E-state index contributed by atoms with van der Waals surface area (Å²) in [6.07, 6.45) is 7.29. The lowest BCUT2D eigenvalue weighted by molar-refractivity contribution is -0.118. The second-order valence-electron chi connectivity index (χ2n) is 6.37. The van der Waals surface area contributed by atoms with E-state index in [1.54, 1.807) is 6.08 Å². The number of hydrogen-bond acceptors (Lipinski definition) is 2. The van der Waals surface area contributed by atoms with Gasteiger partial charge in [0.25, 0.3) is 5.91 Å². The second-order valence-corrected chi connectivity index (χ2v) is 6.37. The van der Waals surface area contributed by atoms with Crippen LogP contribution in [-0.2, 0) is 9.59 Å². The Labute approximate surface area is 136 Å². The molecule has 23 heavy (non-hydrogen) atoms. The number of aliphatic imine (C=N–C) groups is 1. The lowest BCUT2D eigenvalue weighted by Gasteiger charge is -2.29. The van der Waals surface area contributed by atoms with Crippen LogP contribution in [-0.4, -0.2) is 17.4 Å². The first-order valence-corrected chi connectivity index (χ1v) is 8.18. The van der Waals surface area contributed by atoms with E-state index in [1.165, 1.54) is 11.6 Å². The minimum absolute atomic E-state index is 0.188. The molecule has 1 aromatic rings. The average molecular weight is 307 g/mol. The monoisotopic (exact) mass is 307 g/mol. The van der Waals surface area contributed by atoms with Crippen LogP contribution in [0.4, 0.5) is 0 Å². The Bertz CT molecular complexity index is 735. The summed E-state index contributed by atoms with van der Waals surface area (Å²) in [5, 5.41) is 0. The highest BCUT2D eigenvalue weighted by atomic mass is 16.2. The number of fused-ring (bicyclic) bond motifs is 1. The molecule has 1 saturated carbocycles. The summed E-state index contributed by atoms with van der Waals surface area (Å²) in [4.78, 5) is 28.9. The van der Waals surface area contributed by atoms with Gasteiger partial charge in [0.2, 0.25) is 0 Å². The van der Waals surface area contributed by atoms with Crippen LogP contribution < -0.4 is 0 Å². The van der Waals surface area contributed by atoms with E-state index in [2.05, 4.69) is 4.99 Å². The number of ketones is 1. The molecule has 3 rings (SSSR count). The summed E-state index contributed by atoms with van der Waals surface area (Å²) in [7, 11) is 0. The normalized spacial score (nSPS) is 21.4. The van der Waals surface area contributed by atoms with E-state index in [9.17, 15) is 9.59 Å². The molecule has 0 saturated heterocycles. The highest BCUT2D eigenvalue weighted by Gasteiger charge is 2.33. The van der Waals surface area contributed by atoms with Gasteiger partial charge in [-0.05, 0) is 50.3 Å². The zero-order valence-corrected chi connectivity index (χ0v) is 13.6. The topological polar surface area (TPSA) is 46.5 Å². The van der Waals surface area contributed by atoms with E-state index in [4.69, 9.17) is 0 Å². The van der Waals surface area contributed by atoms with E-state index >= 15 is 0 Å². The molecule has 3 heteroatoms. The molecular formula is C20H21NO2. The summed E-state index contributed by atoms with van der Waals surface area (Å²) in [5.41, 5.74) is 4.31. The van der Waals surface area contributed by atoms with Gasteiger partial charge in [-0.2, -0.15) is 0 Å². The number of allylic oxidation sites excluding steroid dienone is 2. The van der Waals surface area contributed by atoms with E-state index in [0.717, 1.165) is 42.5 Å². The van der Waals surface area contributed by atoms with Crippen molar-refractivity contribution in [2.24, 2.45) is 10.9 Å². The fourth-order valence-electron chi connectivity index (χ4n) is 3.40. The van der Waals surface area contributed by atoms with Gasteiger partial charge in [-0.25, -0.2) is 4.99 Å². The Morgan fingerprint density at radius 2 is 1.91 bits per heavy atom. The molecule has 1 aliphatic carbocycles. The second kappa shape index (κ2) is 6.45. The van der Waals surface area contributed by atoms with Crippen molar-refractivity contribution < 1.29 is 9.59 Å². The maximum Gasteiger partial charge on any atom is 0.280 e. The highest BCUT2D eigenvalue weighted by molar-refractivity contribution is 6.28. The van der Waals surface area contributed by atoms with Gasteiger partial charge >= 0.3 is 0 Å². The van der Waals surface area contributed by atoms with Crippen LogP contribution in [0.15, 0.2) is 46.5 Å². The summed E-state index contributed by atoms with van der Waals surface area (Å²) in [6.45, 7) is 3.92. The molecule has 1 aliphatic heterocycles. The SMILES string of the molecule is CC1=NC(=O)C(C(=O)/C=C/c2ccc(C)cc2)=C2CCCCC12. The summed E-state index contributed by atoms with van der Waals surface area (Å²) in [6, 6.07) is 7.93. The molecule has 118 valence electrons. The summed E-state index contributed by atoms with van der Waals surface area (Å²) in [5.74, 6) is -0.392. The van der Waals surface area contributed by atoms with Crippen LogP contribution in [0.2, 0.25) is 0 Å². The van der Waals surface area contributed by atoms with Crippen LogP contribution in [0.25, 0.3) is 6.08 Å². The van der Waals surface area contributed by atoms with Crippen LogP contribution >= 0.6 is 0 Å². The van der Waals surface area contributed by atoms with Gasteiger partial charge in [0.1, 0.15) is 0 Å². The van der Waals surface area contributed by atoms with Crippen molar-refractivity contribution in [2.45, 2.75) is 39.5 Å². The number of hydrogen-bond donors (Lipinski definition) is 0. The maximum atomic E-state index is 12.6. The first-order valence-electron chi connectivity index (χ1n) is 8.18. The number of rotatable bonds is 3. The number of benzene rings is 1. The van der Waals surface area contributed by atoms with Gasteiger partial charge in [0, 0.05) is 11.6 Å². The smallest absolute Gasteiger partial charge is 0.280 e. The van der Waals surface area contributed by atoms with E-state index in [1.807, 2.05) is 38.1 Å². The largest absolute Gasteiger partial charge is 0.289 e. The molecule has 0 aromatic heterocycles. The third-order valence-electron chi connectivity index (χ3n) is 4.68. The number of carbonyl (C=O) groups excluding carboxylic acids is 2. The molecular weight excluding hydrogens is 286 g/mol. The van der Waals surface area contributed by atoms with Crippen molar-refractivity contribution in [3.05, 3.63) is 52.6 Å². The van der Waals surface area contributed by atoms with Gasteiger partial charge in [-0.1, -0.05) is 42.3 Å². The van der Waals surface area contributed by atoms with Crippen LogP contribution in [0, 0.1) is 12.8 Å². The number of aryl methyl sites for hydroxylation is 1. The van der Waals surface area contributed by atoms with Crippen LogP contribution in [0.3, 0.4) is 0 Å². The molecule has 1 unspecified atom stereocenters. The number of carbonyl (C=O) groups is 2. The fraction of sp³-hybridized carbons (Fsp3) is 0.350. The van der Waals surface area contributed by atoms with Crippen molar-refractivity contribution in [3.63, 3.8) is 0 Å². The molecule has 1 heterocycles. The van der Waals surface area contributed by atoms with Crippen molar-refractivity contribution in [2.75, 3.05) is 0 Å². The lowest BCUT2D eigenvalue weighted by Crippen LogP contribution is -2.29. The van der Waals surface area contributed by atoms with Gasteiger partial charge < -0.3 is 0 Å². The maximum absolute atomic E-state index is 12.6. The van der Waals surface area contributed by atoms with E-state index in [-0.39, 0.29) is 17.6 Å². The Balaban J connectivity index is 1.88. The van der Waals surface area contributed by atoms with Gasteiger partial charge in [0.15, 0.2) is 5.78 Å². The summed E-state index contributed by atoms with van der Waals surface area (Å²) < 4.78 is 0. The van der Waals surface area contributed by atoms with Crippen molar-refractivity contribution in [3.8, 4) is 0 Å². The number of nitrogens with zero attached hydrogens (tertiary/aromatic N) is 1. The predicted molar refractivity (Wildman–Crippen MR) is 92.3 cm³/mol. The zero-order chi connectivity index (χ0) is 16.4. The third-order valence-corrected chi connectivity index (χ3v) is 4.68. The van der Waals surface area contributed by atoms with Crippen LogP contribution in [0.1, 0.15) is 43.7 Å². The van der Waals surface area contributed by atoms with Crippen molar-refractivity contribution in [1.29, 1.82) is 0 Å². The summed E-state index contributed by atoms with van der Waals surface area (Å²) >= 11 is 0. The Kier molecular flexibility index (Phi) is 4.37. The van der Waals surface area contributed by atoms with E-state index < -0.39 is 0 Å². The predicted octanol–water partition coefficient (Wildman–Crippen LogP) is 4.07. The van der Waals surface area contributed by atoms with Crippen LogP contribution in [0.5, 0.6) is 0 Å². The lowest BCUT2D eigenvalue weighted by atomic mass is 9.76. The number of amides is 1. The van der Waals surface area contributed by atoms with E-state index in [0.29, 0.717) is 5.57 Å². The molecule has 0 radical (unpaired) electrons. The first-order chi connectivity index (χ1) is 11.1. The molecule has 0 N–H and O–H groups in total. The van der Waals surface area contributed by atoms with Crippen molar-refractivity contribution in [1.82, 2.24) is 0 Å². The molecule has 2 aliphatic rings. The Morgan fingerprint density at radius 1 is 1.17 bits per heavy atom. The number of dihydropyridines is 1. The molecule has 0 bridgehead atoms. The van der Waals surface area contributed by atoms with Gasteiger partial charge in [-0.15, -0.1) is 0 Å². The molecule has 1 fully saturated rings. The molecule has 1 amide bonds. The zero-order valence-electron chi connectivity index (χ0n) is 13.6. The molecule has 3 nitrogen and oxygen atoms in total. The molecule has 1 atom stereocenters. The van der Waals surface area contributed by atoms with Crippen molar-refractivity contribution >= 4 is 23.5 Å². The standard InChI is InChI=1S/C20H21NO2/c1-13-7-9-15(10-8-13)11-12-18(22)19-17-6-4-3-5-16(17)14(2)21-20(19)23/h7-12,16H,3-6H2,1-2H3/b12-11+. The first kappa shape index (κ1) is 15.6. The minimum Gasteiger partial charge on any atom is -0.289 e. The molecule has 1 aromatic carbocycles.